The maximum atomic E-state index is 12.6. The highest BCUT2D eigenvalue weighted by molar-refractivity contribution is 5.97. The minimum atomic E-state index is -0.706. The van der Waals surface area contributed by atoms with Gasteiger partial charge in [0.1, 0.15) is 5.54 Å². The monoisotopic (exact) mass is 266 g/mol. The third kappa shape index (κ3) is 2.77. The summed E-state index contributed by atoms with van der Waals surface area (Å²) in [5.74, 6) is 0.0769. The van der Waals surface area contributed by atoms with Gasteiger partial charge in [0.2, 0.25) is 11.8 Å². The maximum absolute atomic E-state index is 12.6. The molecule has 4 heteroatoms. The van der Waals surface area contributed by atoms with Crippen LogP contribution in [0, 0.1) is 5.41 Å². The fourth-order valence-corrected chi connectivity index (χ4v) is 3.17. The third-order valence-electron chi connectivity index (χ3n) is 4.92. The molecule has 1 heterocycles. The Balaban J connectivity index is 2.11. The Morgan fingerprint density at radius 1 is 1.21 bits per heavy atom. The lowest BCUT2D eigenvalue weighted by Crippen LogP contribution is -2.67. The van der Waals surface area contributed by atoms with Gasteiger partial charge in [-0.15, -0.1) is 0 Å². The normalized spacial score (nSPS) is 32.3. The van der Waals surface area contributed by atoms with E-state index in [1.807, 2.05) is 18.7 Å². The van der Waals surface area contributed by atoms with Crippen LogP contribution in [0.3, 0.4) is 0 Å². The van der Waals surface area contributed by atoms with Gasteiger partial charge in [0.15, 0.2) is 0 Å². The van der Waals surface area contributed by atoms with Crippen molar-refractivity contribution in [3.05, 3.63) is 0 Å². The fraction of sp³-hybridized carbons (Fsp3) is 0.867. The highest BCUT2D eigenvalue weighted by Crippen LogP contribution is 2.37. The van der Waals surface area contributed by atoms with Gasteiger partial charge < -0.3 is 10.2 Å². The zero-order valence-electron chi connectivity index (χ0n) is 12.6. The second kappa shape index (κ2) is 4.80. The molecule has 0 bridgehead atoms. The topological polar surface area (TPSA) is 49.4 Å². The summed E-state index contributed by atoms with van der Waals surface area (Å²) in [6, 6.07) is 0.248. The molecule has 2 fully saturated rings. The summed E-state index contributed by atoms with van der Waals surface area (Å²) in [5.41, 5.74) is -0.325. The number of hydrogen-bond donors (Lipinski definition) is 1. The van der Waals surface area contributed by atoms with Gasteiger partial charge in [-0.3, -0.25) is 9.59 Å². The quantitative estimate of drug-likeness (QED) is 0.832. The van der Waals surface area contributed by atoms with Crippen molar-refractivity contribution in [3.63, 3.8) is 0 Å². The van der Waals surface area contributed by atoms with E-state index in [1.165, 1.54) is 0 Å². The number of carbonyl (C=O) groups is 2. The Morgan fingerprint density at radius 2 is 1.79 bits per heavy atom. The van der Waals surface area contributed by atoms with Crippen LogP contribution in [0.25, 0.3) is 0 Å². The smallest absolute Gasteiger partial charge is 0.248 e. The van der Waals surface area contributed by atoms with E-state index >= 15 is 0 Å². The minimum Gasteiger partial charge on any atom is -0.340 e. The van der Waals surface area contributed by atoms with E-state index < -0.39 is 5.54 Å². The molecule has 1 aliphatic heterocycles. The molecule has 1 N–H and O–H groups in total. The summed E-state index contributed by atoms with van der Waals surface area (Å²) in [7, 11) is 0. The van der Waals surface area contributed by atoms with E-state index in [4.69, 9.17) is 0 Å². The van der Waals surface area contributed by atoms with Crippen molar-refractivity contribution < 1.29 is 9.59 Å². The van der Waals surface area contributed by atoms with E-state index in [0.29, 0.717) is 11.8 Å². The molecule has 19 heavy (non-hydrogen) atoms. The molecule has 2 amide bonds. The first kappa shape index (κ1) is 14.4. The lowest BCUT2D eigenvalue weighted by molar-refractivity contribution is -0.152. The number of amides is 2. The third-order valence-corrected chi connectivity index (χ3v) is 4.92. The molecule has 1 saturated carbocycles. The van der Waals surface area contributed by atoms with Crippen LogP contribution >= 0.6 is 0 Å². The van der Waals surface area contributed by atoms with Gasteiger partial charge in [-0.05, 0) is 44.4 Å². The second-order valence-electron chi connectivity index (χ2n) is 7.06. The van der Waals surface area contributed by atoms with Gasteiger partial charge in [0, 0.05) is 6.04 Å². The van der Waals surface area contributed by atoms with E-state index in [2.05, 4.69) is 19.2 Å². The summed E-state index contributed by atoms with van der Waals surface area (Å²) >= 11 is 0. The van der Waals surface area contributed by atoms with Crippen LogP contribution in [0.5, 0.6) is 0 Å². The molecule has 0 spiro atoms. The summed E-state index contributed by atoms with van der Waals surface area (Å²) in [6.45, 7) is 8.59. The fourth-order valence-electron chi connectivity index (χ4n) is 3.17. The zero-order chi connectivity index (χ0) is 14.3. The number of nitrogens with zero attached hydrogens (tertiary/aromatic N) is 1. The van der Waals surface area contributed by atoms with E-state index in [-0.39, 0.29) is 24.4 Å². The number of piperazine rings is 1. The standard InChI is InChI=1S/C15H26N2O2/c1-5-15(4)13(19)17(10-12(18)16-15)11-6-8-14(2,3)9-7-11/h11H,5-10H2,1-4H3,(H,16,18). The Morgan fingerprint density at radius 3 is 2.32 bits per heavy atom. The van der Waals surface area contributed by atoms with E-state index in [1.54, 1.807) is 0 Å². The van der Waals surface area contributed by atoms with Gasteiger partial charge >= 0.3 is 0 Å². The van der Waals surface area contributed by atoms with Crippen LogP contribution in [0.1, 0.15) is 59.8 Å². The minimum absolute atomic E-state index is 0.0196. The average Bonchev–Trinajstić information content (AvgIpc) is 2.34. The molecular formula is C15H26N2O2. The second-order valence-corrected chi connectivity index (χ2v) is 7.06. The van der Waals surface area contributed by atoms with Crippen LogP contribution < -0.4 is 5.32 Å². The van der Waals surface area contributed by atoms with Crippen molar-refractivity contribution in [1.29, 1.82) is 0 Å². The molecule has 0 aromatic carbocycles. The highest BCUT2D eigenvalue weighted by Gasteiger charge is 2.44. The maximum Gasteiger partial charge on any atom is 0.248 e. The van der Waals surface area contributed by atoms with Crippen molar-refractivity contribution >= 4 is 11.8 Å². The van der Waals surface area contributed by atoms with Crippen LogP contribution in [0.2, 0.25) is 0 Å². The Labute approximate surface area is 115 Å². The lowest BCUT2D eigenvalue weighted by atomic mass is 9.75. The van der Waals surface area contributed by atoms with Crippen LogP contribution in [-0.4, -0.2) is 34.8 Å². The molecule has 1 saturated heterocycles. The number of rotatable bonds is 2. The predicted octanol–water partition coefficient (Wildman–Crippen LogP) is 2.08. The highest BCUT2D eigenvalue weighted by atomic mass is 16.2. The number of carbonyl (C=O) groups excluding carboxylic acids is 2. The number of nitrogens with one attached hydrogen (secondary N) is 1. The first-order valence-electron chi connectivity index (χ1n) is 7.39. The van der Waals surface area contributed by atoms with Crippen LogP contribution in [0.15, 0.2) is 0 Å². The molecule has 0 aromatic rings. The molecule has 2 aliphatic rings. The van der Waals surface area contributed by atoms with Gasteiger partial charge in [0.05, 0.1) is 6.54 Å². The van der Waals surface area contributed by atoms with Gasteiger partial charge in [-0.1, -0.05) is 20.8 Å². The Kier molecular flexibility index (Phi) is 3.63. The van der Waals surface area contributed by atoms with E-state index in [0.717, 1.165) is 25.7 Å². The molecule has 2 rings (SSSR count). The average molecular weight is 266 g/mol. The van der Waals surface area contributed by atoms with Crippen molar-refractivity contribution in [1.82, 2.24) is 10.2 Å². The molecule has 1 atom stereocenters. The van der Waals surface area contributed by atoms with E-state index in [9.17, 15) is 9.59 Å². The molecule has 1 unspecified atom stereocenters. The molecule has 0 radical (unpaired) electrons. The summed E-state index contributed by atoms with van der Waals surface area (Å²) in [5, 5.41) is 2.85. The Bertz CT molecular complexity index is 382. The van der Waals surface area contributed by atoms with Crippen molar-refractivity contribution in [2.75, 3.05) is 6.54 Å². The molecule has 108 valence electrons. The molecule has 0 aromatic heterocycles. The largest absolute Gasteiger partial charge is 0.340 e. The first-order valence-corrected chi connectivity index (χ1v) is 7.39. The first-order chi connectivity index (χ1) is 8.77. The Hall–Kier alpha value is -1.06. The van der Waals surface area contributed by atoms with Crippen molar-refractivity contribution in [2.45, 2.75) is 71.4 Å². The number of hydrogen-bond acceptors (Lipinski definition) is 2. The summed E-state index contributed by atoms with van der Waals surface area (Å²) in [4.78, 5) is 26.3. The van der Waals surface area contributed by atoms with Crippen molar-refractivity contribution in [2.24, 2.45) is 5.41 Å². The summed E-state index contributed by atoms with van der Waals surface area (Å²) in [6.07, 6.45) is 4.95. The lowest BCUT2D eigenvalue weighted by Gasteiger charge is -2.46. The molecular weight excluding hydrogens is 240 g/mol. The molecule has 4 nitrogen and oxygen atoms in total. The van der Waals surface area contributed by atoms with Gasteiger partial charge in [0.25, 0.3) is 0 Å². The SMILES string of the molecule is CCC1(C)NC(=O)CN(C2CCC(C)(C)CC2)C1=O. The zero-order valence-corrected chi connectivity index (χ0v) is 12.6. The van der Waals surface area contributed by atoms with Crippen LogP contribution in [0.4, 0.5) is 0 Å². The van der Waals surface area contributed by atoms with Gasteiger partial charge in [-0.25, -0.2) is 0 Å². The van der Waals surface area contributed by atoms with Gasteiger partial charge in [-0.2, -0.15) is 0 Å². The predicted molar refractivity (Wildman–Crippen MR) is 74.6 cm³/mol. The van der Waals surface area contributed by atoms with Crippen molar-refractivity contribution in [3.8, 4) is 0 Å². The summed E-state index contributed by atoms with van der Waals surface area (Å²) < 4.78 is 0. The van der Waals surface area contributed by atoms with Crippen LogP contribution in [-0.2, 0) is 9.59 Å². The molecule has 1 aliphatic carbocycles.